The van der Waals surface area contributed by atoms with E-state index in [1.165, 1.54) is 6.33 Å². The van der Waals surface area contributed by atoms with Crippen molar-refractivity contribution in [2.24, 2.45) is 0 Å². The molecule has 10 heteroatoms. The van der Waals surface area contributed by atoms with Crippen LogP contribution in [-0.2, 0) is 9.47 Å². The van der Waals surface area contributed by atoms with Gasteiger partial charge in [-0.15, -0.1) is 0 Å². The van der Waals surface area contributed by atoms with Crippen LogP contribution < -0.4 is 9.80 Å². The van der Waals surface area contributed by atoms with E-state index in [0.717, 1.165) is 26.2 Å². The van der Waals surface area contributed by atoms with Crippen LogP contribution >= 0.6 is 0 Å². The molecule has 0 amide bonds. The van der Waals surface area contributed by atoms with Gasteiger partial charge in [-0.05, 0) is 7.05 Å². The molecular weight excluding hydrogens is 340 g/mol. The number of nitro groups is 1. The molecule has 142 valence electrons. The van der Waals surface area contributed by atoms with E-state index in [-0.39, 0.29) is 10.6 Å². The Kier molecular flexibility index (Phi) is 4.63. The molecule has 1 aromatic rings. The van der Waals surface area contributed by atoms with Gasteiger partial charge in [-0.25, -0.2) is 9.97 Å². The largest absolute Gasteiger partial charge is 0.353 e. The number of piperidine rings is 1. The predicted octanol–water partition coefficient (Wildman–Crippen LogP) is 0.480. The van der Waals surface area contributed by atoms with Gasteiger partial charge in [-0.1, -0.05) is 0 Å². The highest BCUT2D eigenvalue weighted by Gasteiger charge is 2.42. The van der Waals surface area contributed by atoms with Crippen molar-refractivity contribution >= 4 is 17.3 Å². The van der Waals surface area contributed by atoms with Crippen molar-refractivity contribution in [3.8, 4) is 0 Å². The van der Waals surface area contributed by atoms with Crippen LogP contribution in [-0.4, -0.2) is 85.1 Å². The van der Waals surface area contributed by atoms with Crippen molar-refractivity contribution in [3.63, 3.8) is 0 Å². The highest BCUT2D eigenvalue weighted by Crippen LogP contribution is 2.38. The standard InChI is InChI=1S/C16H24N6O4/c1-19-6-8-21(9-7-19)15-13(22(23)24)14(17-12-18-15)20-4-2-16(3-5-20)25-10-11-26-16/h12H,2-11H2,1H3. The van der Waals surface area contributed by atoms with Crippen LogP contribution in [0.25, 0.3) is 0 Å². The number of hydrogen-bond donors (Lipinski definition) is 0. The molecule has 26 heavy (non-hydrogen) atoms. The maximum absolute atomic E-state index is 11.9. The van der Waals surface area contributed by atoms with Gasteiger partial charge in [0.05, 0.1) is 18.1 Å². The first-order valence-corrected chi connectivity index (χ1v) is 9.04. The molecule has 0 unspecified atom stereocenters. The lowest BCUT2D eigenvalue weighted by atomic mass is 10.0. The fourth-order valence-electron chi connectivity index (χ4n) is 3.85. The molecule has 4 heterocycles. The number of hydrogen-bond acceptors (Lipinski definition) is 9. The fraction of sp³-hybridized carbons (Fsp3) is 0.750. The number of anilines is 2. The lowest BCUT2D eigenvalue weighted by Crippen LogP contribution is -2.46. The molecule has 0 N–H and O–H groups in total. The first-order valence-electron chi connectivity index (χ1n) is 9.04. The molecule has 3 aliphatic rings. The van der Waals surface area contributed by atoms with Crippen molar-refractivity contribution in [1.29, 1.82) is 0 Å². The Morgan fingerprint density at radius 3 is 2.08 bits per heavy atom. The van der Waals surface area contributed by atoms with Gasteiger partial charge >= 0.3 is 5.69 Å². The van der Waals surface area contributed by atoms with Crippen molar-refractivity contribution in [3.05, 3.63) is 16.4 Å². The third-order valence-corrected chi connectivity index (χ3v) is 5.41. The minimum absolute atomic E-state index is 0.00117. The Hall–Kier alpha value is -2.04. The molecule has 0 atom stereocenters. The number of likely N-dealkylation sites (N-methyl/N-ethyl adjacent to an activating group) is 1. The van der Waals surface area contributed by atoms with Crippen LogP contribution in [0.2, 0.25) is 0 Å². The molecule has 0 aromatic carbocycles. The molecule has 0 aliphatic carbocycles. The average Bonchev–Trinajstić information content (AvgIpc) is 3.10. The van der Waals surface area contributed by atoms with Crippen LogP contribution in [0.5, 0.6) is 0 Å². The molecule has 1 spiro atoms. The minimum atomic E-state index is -0.515. The van der Waals surface area contributed by atoms with E-state index in [4.69, 9.17) is 9.47 Å². The number of aromatic nitrogens is 2. The molecule has 10 nitrogen and oxygen atoms in total. The van der Waals surface area contributed by atoms with E-state index in [9.17, 15) is 10.1 Å². The van der Waals surface area contributed by atoms with Crippen molar-refractivity contribution < 1.29 is 14.4 Å². The van der Waals surface area contributed by atoms with Gasteiger partial charge in [-0.2, -0.15) is 0 Å². The summed E-state index contributed by atoms with van der Waals surface area (Å²) < 4.78 is 11.5. The van der Waals surface area contributed by atoms with Gasteiger partial charge in [0.15, 0.2) is 5.79 Å². The van der Waals surface area contributed by atoms with E-state index in [2.05, 4.69) is 14.9 Å². The number of ether oxygens (including phenoxy) is 2. The average molecular weight is 364 g/mol. The fourth-order valence-corrected chi connectivity index (χ4v) is 3.85. The first-order chi connectivity index (χ1) is 12.6. The molecule has 4 rings (SSSR count). The van der Waals surface area contributed by atoms with E-state index in [0.29, 0.717) is 50.8 Å². The summed E-state index contributed by atoms with van der Waals surface area (Å²) in [5.74, 6) is 0.298. The van der Waals surface area contributed by atoms with Crippen molar-refractivity contribution in [2.75, 3.05) is 69.3 Å². The molecule has 0 saturated carbocycles. The SMILES string of the molecule is CN1CCN(c2ncnc(N3CCC4(CC3)OCCO4)c2[N+](=O)[O-])CC1. The summed E-state index contributed by atoms with van der Waals surface area (Å²) in [6.07, 6.45) is 2.79. The van der Waals surface area contributed by atoms with E-state index in [1.54, 1.807) is 0 Å². The van der Waals surface area contributed by atoms with E-state index in [1.807, 2.05) is 16.8 Å². The lowest BCUT2D eigenvalue weighted by molar-refractivity contribution is -0.383. The van der Waals surface area contributed by atoms with Gasteiger partial charge in [0.2, 0.25) is 11.6 Å². The quantitative estimate of drug-likeness (QED) is 0.560. The highest BCUT2D eigenvalue weighted by atomic mass is 16.7. The smallest absolute Gasteiger partial charge is 0.350 e. The summed E-state index contributed by atoms with van der Waals surface area (Å²) in [6, 6.07) is 0. The van der Waals surface area contributed by atoms with Crippen molar-refractivity contribution in [2.45, 2.75) is 18.6 Å². The van der Waals surface area contributed by atoms with Gasteiger partial charge in [0, 0.05) is 52.1 Å². The molecule has 3 aliphatic heterocycles. The summed E-state index contributed by atoms with van der Waals surface area (Å²) in [4.78, 5) is 26.2. The zero-order valence-electron chi connectivity index (χ0n) is 15.0. The van der Waals surface area contributed by atoms with Crippen LogP contribution in [0, 0.1) is 10.1 Å². The second-order valence-corrected chi connectivity index (χ2v) is 7.01. The molecule has 3 fully saturated rings. The topological polar surface area (TPSA) is 97.1 Å². The molecule has 1 aromatic heterocycles. The number of rotatable bonds is 3. The summed E-state index contributed by atoms with van der Waals surface area (Å²) in [6.45, 7) is 5.61. The third kappa shape index (κ3) is 3.19. The maximum atomic E-state index is 11.9. The zero-order valence-corrected chi connectivity index (χ0v) is 15.0. The second-order valence-electron chi connectivity index (χ2n) is 7.01. The maximum Gasteiger partial charge on any atom is 0.353 e. The summed E-state index contributed by atoms with van der Waals surface area (Å²) in [7, 11) is 2.05. The molecule has 0 radical (unpaired) electrons. The van der Waals surface area contributed by atoms with E-state index >= 15 is 0 Å². The molecule has 0 bridgehead atoms. The Morgan fingerprint density at radius 1 is 1.00 bits per heavy atom. The van der Waals surface area contributed by atoms with Gasteiger partial charge in [-0.3, -0.25) is 10.1 Å². The van der Waals surface area contributed by atoms with E-state index < -0.39 is 5.79 Å². The monoisotopic (exact) mass is 364 g/mol. The molecular formula is C16H24N6O4. The van der Waals surface area contributed by atoms with Crippen LogP contribution in [0.1, 0.15) is 12.8 Å². The minimum Gasteiger partial charge on any atom is -0.350 e. The third-order valence-electron chi connectivity index (χ3n) is 5.41. The summed E-state index contributed by atoms with van der Waals surface area (Å²) in [5, 5.41) is 11.9. The number of piperazine rings is 1. The predicted molar refractivity (Wildman–Crippen MR) is 94.5 cm³/mol. The highest BCUT2D eigenvalue weighted by molar-refractivity contribution is 5.71. The first kappa shape index (κ1) is 17.4. The van der Waals surface area contributed by atoms with Gasteiger partial charge < -0.3 is 24.2 Å². The Morgan fingerprint density at radius 2 is 1.54 bits per heavy atom. The summed E-state index contributed by atoms with van der Waals surface area (Å²) in [5.41, 5.74) is 0.00117. The molecule has 3 saturated heterocycles. The summed E-state index contributed by atoms with van der Waals surface area (Å²) >= 11 is 0. The Labute approximate surface area is 151 Å². The van der Waals surface area contributed by atoms with Crippen molar-refractivity contribution in [1.82, 2.24) is 14.9 Å². The lowest BCUT2D eigenvalue weighted by Gasteiger charge is -2.38. The van der Waals surface area contributed by atoms with Crippen LogP contribution in [0.4, 0.5) is 17.3 Å². The Bertz CT molecular complexity index is 663. The Balaban J connectivity index is 1.58. The van der Waals surface area contributed by atoms with Gasteiger partial charge in [0.25, 0.3) is 0 Å². The van der Waals surface area contributed by atoms with Crippen LogP contribution in [0.15, 0.2) is 6.33 Å². The zero-order chi connectivity index (χ0) is 18.1. The van der Waals surface area contributed by atoms with Gasteiger partial charge in [0.1, 0.15) is 6.33 Å². The second kappa shape index (κ2) is 6.93. The normalized spacial score (nSPS) is 23.6. The van der Waals surface area contributed by atoms with Crippen LogP contribution in [0.3, 0.4) is 0 Å². The number of nitrogens with zero attached hydrogens (tertiary/aromatic N) is 6.